The van der Waals surface area contributed by atoms with E-state index in [-0.39, 0.29) is 0 Å². The van der Waals surface area contributed by atoms with Crippen LogP contribution in [0.2, 0.25) is 5.02 Å². The molecule has 0 aliphatic rings. The molecule has 13 heavy (non-hydrogen) atoms. The third-order valence-electron chi connectivity index (χ3n) is 1.19. The molecule has 2 aromatic rings. The summed E-state index contributed by atoms with van der Waals surface area (Å²) in [5.74, 6) is 0. The van der Waals surface area contributed by atoms with Crippen LogP contribution < -0.4 is 0 Å². The zero-order valence-electron chi connectivity index (χ0n) is 6.97. The topological polar surface area (TPSA) is 25.8 Å². The molecule has 0 amide bonds. The van der Waals surface area contributed by atoms with E-state index in [1.54, 1.807) is 36.9 Å². The van der Waals surface area contributed by atoms with Crippen molar-refractivity contribution >= 4 is 11.6 Å². The largest absolute Gasteiger partial charge is 0.265 e. The standard InChI is InChI=1S/C5H4ClN.C5H5N/c6-5-2-1-3-7-4-5;1-2-4-6-5-3-1/h1-4H;1-5H. The molecule has 0 saturated carbocycles. The third-order valence-corrected chi connectivity index (χ3v) is 1.42. The summed E-state index contributed by atoms with van der Waals surface area (Å²) in [6.45, 7) is 0. The lowest BCUT2D eigenvalue weighted by Crippen LogP contribution is -1.64. The van der Waals surface area contributed by atoms with Crippen molar-refractivity contribution in [3.05, 3.63) is 60.1 Å². The summed E-state index contributed by atoms with van der Waals surface area (Å²) in [7, 11) is 0. The lowest BCUT2D eigenvalue weighted by molar-refractivity contribution is 1.33. The third kappa shape index (κ3) is 4.93. The van der Waals surface area contributed by atoms with Crippen molar-refractivity contribution in [3.63, 3.8) is 0 Å². The number of rotatable bonds is 0. The van der Waals surface area contributed by atoms with Gasteiger partial charge >= 0.3 is 0 Å². The number of nitrogens with zero attached hydrogens (tertiary/aromatic N) is 2. The molecule has 0 aromatic carbocycles. The van der Waals surface area contributed by atoms with Gasteiger partial charge in [0.25, 0.3) is 0 Å². The minimum absolute atomic E-state index is 0.683. The van der Waals surface area contributed by atoms with E-state index in [4.69, 9.17) is 11.6 Å². The van der Waals surface area contributed by atoms with Crippen LogP contribution in [0, 0.1) is 0 Å². The fourth-order valence-electron chi connectivity index (χ4n) is 0.655. The maximum Gasteiger partial charge on any atom is 0.0589 e. The van der Waals surface area contributed by atoms with Crippen molar-refractivity contribution in [1.82, 2.24) is 9.97 Å². The Morgan fingerprint density at radius 2 is 1.54 bits per heavy atom. The van der Waals surface area contributed by atoms with Gasteiger partial charge in [-0.15, -0.1) is 0 Å². The fourth-order valence-corrected chi connectivity index (χ4v) is 0.784. The Morgan fingerprint density at radius 1 is 0.846 bits per heavy atom. The summed E-state index contributed by atoms with van der Waals surface area (Å²) >= 11 is 5.48. The van der Waals surface area contributed by atoms with Crippen LogP contribution >= 0.6 is 11.6 Å². The molecule has 0 saturated heterocycles. The molecule has 0 fully saturated rings. The highest BCUT2D eigenvalue weighted by atomic mass is 35.5. The Bertz CT molecular complexity index is 283. The highest BCUT2D eigenvalue weighted by Crippen LogP contribution is 2.00. The first-order valence-electron chi connectivity index (χ1n) is 3.80. The van der Waals surface area contributed by atoms with E-state index in [2.05, 4.69) is 9.97 Å². The van der Waals surface area contributed by atoms with Crippen LogP contribution in [0.5, 0.6) is 0 Å². The number of aromatic nitrogens is 2. The molecule has 0 aliphatic carbocycles. The predicted octanol–water partition coefficient (Wildman–Crippen LogP) is 2.82. The zero-order valence-corrected chi connectivity index (χ0v) is 7.72. The van der Waals surface area contributed by atoms with Gasteiger partial charge in [-0.05, 0) is 24.3 Å². The lowest BCUT2D eigenvalue weighted by Gasteiger charge is -1.79. The van der Waals surface area contributed by atoms with Gasteiger partial charge < -0.3 is 0 Å². The summed E-state index contributed by atoms with van der Waals surface area (Å²) in [6.07, 6.45) is 6.79. The van der Waals surface area contributed by atoms with Gasteiger partial charge in [-0.1, -0.05) is 17.7 Å². The van der Waals surface area contributed by atoms with Gasteiger partial charge in [0.2, 0.25) is 0 Å². The molecule has 0 spiro atoms. The minimum atomic E-state index is 0.683. The number of hydrogen-bond donors (Lipinski definition) is 0. The second-order valence-electron chi connectivity index (χ2n) is 2.20. The van der Waals surface area contributed by atoms with E-state index in [9.17, 15) is 0 Å². The molecule has 2 aromatic heterocycles. The van der Waals surface area contributed by atoms with Crippen LogP contribution in [-0.4, -0.2) is 9.97 Å². The van der Waals surface area contributed by atoms with Crippen molar-refractivity contribution in [2.75, 3.05) is 0 Å². The van der Waals surface area contributed by atoms with Gasteiger partial charge in [-0.2, -0.15) is 0 Å². The van der Waals surface area contributed by atoms with E-state index in [0.717, 1.165) is 0 Å². The molecule has 0 unspecified atom stereocenters. The summed E-state index contributed by atoms with van der Waals surface area (Å²) in [6, 6.07) is 9.30. The van der Waals surface area contributed by atoms with Gasteiger partial charge in [0.1, 0.15) is 0 Å². The summed E-state index contributed by atoms with van der Waals surface area (Å²) in [5.41, 5.74) is 0. The monoisotopic (exact) mass is 192 g/mol. The second kappa shape index (κ2) is 6.14. The average Bonchev–Trinajstić information content (AvgIpc) is 2.22. The molecule has 0 radical (unpaired) electrons. The van der Waals surface area contributed by atoms with Crippen molar-refractivity contribution < 1.29 is 0 Å². The number of halogens is 1. The molecule has 0 atom stereocenters. The Kier molecular flexibility index (Phi) is 4.57. The SMILES string of the molecule is Clc1cccnc1.c1ccncc1. The van der Waals surface area contributed by atoms with E-state index in [1.807, 2.05) is 18.2 Å². The molecular weight excluding hydrogens is 184 g/mol. The van der Waals surface area contributed by atoms with E-state index in [1.165, 1.54) is 0 Å². The Balaban J connectivity index is 0.000000132. The van der Waals surface area contributed by atoms with Crippen molar-refractivity contribution in [3.8, 4) is 0 Å². The second-order valence-corrected chi connectivity index (χ2v) is 2.63. The zero-order chi connectivity index (χ0) is 9.36. The first-order valence-corrected chi connectivity index (χ1v) is 4.18. The first kappa shape index (κ1) is 9.68. The highest BCUT2D eigenvalue weighted by Gasteiger charge is 1.76. The summed E-state index contributed by atoms with van der Waals surface area (Å²) < 4.78 is 0. The number of pyridine rings is 2. The maximum atomic E-state index is 5.48. The van der Waals surface area contributed by atoms with Gasteiger partial charge in [0.05, 0.1) is 5.02 Å². The van der Waals surface area contributed by atoms with Gasteiger partial charge in [0.15, 0.2) is 0 Å². The average molecular weight is 193 g/mol. The molecule has 3 heteroatoms. The van der Waals surface area contributed by atoms with Crippen LogP contribution in [0.25, 0.3) is 0 Å². The Morgan fingerprint density at radius 3 is 1.77 bits per heavy atom. The summed E-state index contributed by atoms with van der Waals surface area (Å²) in [5, 5.41) is 0.683. The van der Waals surface area contributed by atoms with Gasteiger partial charge in [-0.25, -0.2) is 0 Å². The van der Waals surface area contributed by atoms with Crippen LogP contribution in [0.4, 0.5) is 0 Å². The number of hydrogen-bond acceptors (Lipinski definition) is 2. The fraction of sp³-hybridized carbons (Fsp3) is 0. The van der Waals surface area contributed by atoms with E-state index >= 15 is 0 Å². The smallest absolute Gasteiger partial charge is 0.0589 e. The molecular formula is C10H9ClN2. The van der Waals surface area contributed by atoms with Gasteiger partial charge in [0, 0.05) is 24.8 Å². The molecule has 2 nitrogen and oxygen atoms in total. The van der Waals surface area contributed by atoms with Crippen LogP contribution in [0.1, 0.15) is 0 Å². The van der Waals surface area contributed by atoms with Crippen LogP contribution in [0.15, 0.2) is 55.1 Å². The highest BCUT2D eigenvalue weighted by molar-refractivity contribution is 6.30. The molecule has 0 aliphatic heterocycles. The normalized spacial score (nSPS) is 8.38. The summed E-state index contributed by atoms with van der Waals surface area (Å²) in [4.78, 5) is 7.54. The van der Waals surface area contributed by atoms with Crippen molar-refractivity contribution in [2.24, 2.45) is 0 Å². The van der Waals surface area contributed by atoms with Gasteiger partial charge in [-0.3, -0.25) is 9.97 Å². The molecule has 66 valence electrons. The van der Waals surface area contributed by atoms with Crippen molar-refractivity contribution in [2.45, 2.75) is 0 Å². The van der Waals surface area contributed by atoms with E-state index < -0.39 is 0 Å². The lowest BCUT2D eigenvalue weighted by atomic mass is 10.5. The van der Waals surface area contributed by atoms with Crippen LogP contribution in [-0.2, 0) is 0 Å². The quantitative estimate of drug-likeness (QED) is 0.642. The molecule has 2 rings (SSSR count). The molecule has 0 N–H and O–H groups in total. The predicted molar refractivity (Wildman–Crippen MR) is 53.5 cm³/mol. The van der Waals surface area contributed by atoms with Crippen LogP contribution in [0.3, 0.4) is 0 Å². The minimum Gasteiger partial charge on any atom is -0.265 e. The first-order chi connectivity index (χ1) is 6.39. The Hall–Kier alpha value is -1.41. The molecule has 2 heterocycles. The van der Waals surface area contributed by atoms with E-state index in [0.29, 0.717) is 5.02 Å². The Labute approximate surface area is 82.2 Å². The maximum absolute atomic E-state index is 5.48. The van der Waals surface area contributed by atoms with Crippen molar-refractivity contribution in [1.29, 1.82) is 0 Å². The molecule has 0 bridgehead atoms.